The molecule has 0 saturated carbocycles. The standard InChI is InChI=1S/C10H11Cl2NO/c1-13(2)10(14)5-7-3-8(11)6-9(12)4-7/h3-4,6H,5H2,1-2H3. The summed E-state index contributed by atoms with van der Waals surface area (Å²) in [6.45, 7) is 0. The van der Waals surface area contributed by atoms with Crippen molar-refractivity contribution in [3.63, 3.8) is 0 Å². The monoisotopic (exact) mass is 231 g/mol. The number of benzene rings is 1. The van der Waals surface area contributed by atoms with E-state index >= 15 is 0 Å². The van der Waals surface area contributed by atoms with Gasteiger partial charge >= 0.3 is 0 Å². The minimum Gasteiger partial charge on any atom is -0.349 e. The van der Waals surface area contributed by atoms with Gasteiger partial charge in [0.25, 0.3) is 0 Å². The van der Waals surface area contributed by atoms with Crippen molar-refractivity contribution in [3.05, 3.63) is 33.8 Å². The van der Waals surface area contributed by atoms with E-state index in [9.17, 15) is 4.79 Å². The summed E-state index contributed by atoms with van der Waals surface area (Å²) in [5.74, 6) is 0.0309. The zero-order chi connectivity index (χ0) is 10.7. The lowest BCUT2D eigenvalue weighted by Crippen LogP contribution is -2.23. The Kier molecular flexibility index (Phi) is 3.78. The van der Waals surface area contributed by atoms with Gasteiger partial charge in [-0.05, 0) is 23.8 Å². The average molecular weight is 232 g/mol. The molecule has 1 amide bonds. The largest absolute Gasteiger partial charge is 0.349 e. The van der Waals surface area contributed by atoms with E-state index in [-0.39, 0.29) is 5.91 Å². The zero-order valence-electron chi connectivity index (χ0n) is 8.05. The Morgan fingerprint density at radius 3 is 2.14 bits per heavy atom. The van der Waals surface area contributed by atoms with Crippen molar-refractivity contribution in [3.8, 4) is 0 Å². The Hall–Kier alpha value is -0.730. The number of amides is 1. The smallest absolute Gasteiger partial charge is 0.226 e. The van der Waals surface area contributed by atoms with Crippen LogP contribution in [0.2, 0.25) is 10.0 Å². The third kappa shape index (κ3) is 3.20. The van der Waals surface area contributed by atoms with Crippen molar-refractivity contribution in [2.75, 3.05) is 14.1 Å². The number of carbonyl (C=O) groups excluding carboxylic acids is 1. The Morgan fingerprint density at radius 2 is 1.71 bits per heavy atom. The molecule has 0 bridgehead atoms. The van der Waals surface area contributed by atoms with Crippen LogP contribution < -0.4 is 0 Å². The highest BCUT2D eigenvalue weighted by molar-refractivity contribution is 6.34. The van der Waals surface area contributed by atoms with E-state index in [1.165, 1.54) is 4.90 Å². The van der Waals surface area contributed by atoms with Gasteiger partial charge in [0, 0.05) is 24.1 Å². The van der Waals surface area contributed by atoms with Crippen molar-refractivity contribution in [2.45, 2.75) is 6.42 Å². The molecule has 14 heavy (non-hydrogen) atoms. The maximum atomic E-state index is 11.4. The van der Waals surface area contributed by atoms with Gasteiger partial charge in [-0.3, -0.25) is 4.79 Å². The molecule has 0 unspecified atom stereocenters. The van der Waals surface area contributed by atoms with Crippen molar-refractivity contribution in [2.24, 2.45) is 0 Å². The lowest BCUT2D eigenvalue weighted by Gasteiger charge is -2.10. The van der Waals surface area contributed by atoms with E-state index in [2.05, 4.69) is 0 Å². The maximum Gasteiger partial charge on any atom is 0.226 e. The first-order valence-corrected chi connectivity index (χ1v) is 4.90. The Labute approximate surface area is 93.4 Å². The van der Waals surface area contributed by atoms with Crippen molar-refractivity contribution < 1.29 is 4.79 Å². The van der Waals surface area contributed by atoms with E-state index in [1.54, 1.807) is 32.3 Å². The normalized spacial score (nSPS) is 10.0. The first-order valence-electron chi connectivity index (χ1n) is 4.14. The SMILES string of the molecule is CN(C)C(=O)Cc1cc(Cl)cc(Cl)c1. The summed E-state index contributed by atoms with van der Waals surface area (Å²) < 4.78 is 0. The third-order valence-corrected chi connectivity index (χ3v) is 2.21. The fraction of sp³-hybridized carbons (Fsp3) is 0.300. The van der Waals surface area contributed by atoms with Crippen molar-refractivity contribution in [1.82, 2.24) is 4.90 Å². The second kappa shape index (κ2) is 4.67. The number of rotatable bonds is 2. The Balaban J connectivity index is 2.82. The summed E-state index contributed by atoms with van der Waals surface area (Å²) in [5.41, 5.74) is 0.834. The number of carbonyl (C=O) groups is 1. The van der Waals surface area contributed by atoms with Gasteiger partial charge in [-0.2, -0.15) is 0 Å². The molecule has 2 nitrogen and oxygen atoms in total. The van der Waals surface area contributed by atoms with Gasteiger partial charge in [-0.15, -0.1) is 0 Å². The number of nitrogens with zero attached hydrogens (tertiary/aromatic N) is 1. The molecular weight excluding hydrogens is 221 g/mol. The van der Waals surface area contributed by atoms with Crippen LogP contribution >= 0.6 is 23.2 Å². The van der Waals surface area contributed by atoms with Crippen LogP contribution in [0.4, 0.5) is 0 Å². The van der Waals surface area contributed by atoms with E-state index < -0.39 is 0 Å². The van der Waals surface area contributed by atoms with E-state index in [4.69, 9.17) is 23.2 Å². The van der Waals surface area contributed by atoms with Crippen LogP contribution in [0.3, 0.4) is 0 Å². The van der Waals surface area contributed by atoms with Crippen LogP contribution in [0.1, 0.15) is 5.56 Å². The molecule has 1 rings (SSSR count). The van der Waals surface area contributed by atoms with Gasteiger partial charge < -0.3 is 4.90 Å². The minimum atomic E-state index is 0.0309. The molecule has 1 aromatic carbocycles. The van der Waals surface area contributed by atoms with Crippen molar-refractivity contribution >= 4 is 29.1 Å². The minimum absolute atomic E-state index is 0.0309. The van der Waals surface area contributed by atoms with Gasteiger partial charge in [0.1, 0.15) is 0 Å². The van der Waals surface area contributed by atoms with Crippen molar-refractivity contribution in [1.29, 1.82) is 0 Å². The van der Waals surface area contributed by atoms with Crippen LogP contribution in [0.15, 0.2) is 18.2 Å². The summed E-state index contributed by atoms with van der Waals surface area (Å²) >= 11 is 11.6. The third-order valence-electron chi connectivity index (χ3n) is 1.78. The summed E-state index contributed by atoms with van der Waals surface area (Å²) in [7, 11) is 3.43. The van der Waals surface area contributed by atoms with E-state index in [1.807, 2.05) is 0 Å². The lowest BCUT2D eigenvalue weighted by molar-refractivity contribution is -0.127. The summed E-state index contributed by atoms with van der Waals surface area (Å²) in [6.07, 6.45) is 0.327. The molecule has 4 heteroatoms. The van der Waals surface area contributed by atoms with Crippen LogP contribution in [-0.2, 0) is 11.2 Å². The van der Waals surface area contributed by atoms with Crippen LogP contribution in [0.5, 0.6) is 0 Å². The molecule has 0 fully saturated rings. The number of hydrogen-bond acceptors (Lipinski definition) is 1. The predicted octanol–water partition coefficient (Wildman–Crippen LogP) is 2.62. The first-order chi connectivity index (χ1) is 6.49. The highest BCUT2D eigenvalue weighted by Gasteiger charge is 2.06. The highest BCUT2D eigenvalue weighted by Crippen LogP contribution is 2.19. The van der Waals surface area contributed by atoms with Gasteiger partial charge in [0.05, 0.1) is 6.42 Å². The lowest BCUT2D eigenvalue weighted by atomic mass is 10.1. The van der Waals surface area contributed by atoms with Crippen LogP contribution in [0, 0.1) is 0 Å². The van der Waals surface area contributed by atoms with Gasteiger partial charge in [0.15, 0.2) is 0 Å². The Bertz CT molecular complexity index is 330. The molecular formula is C10H11Cl2NO. The summed E-state index contributed by atoms with van der Waals surface area (Å²) in [5, 5.41) is 1.11. The molecule has 0 radical (unpaired) electrons. The quantitative estimate of drug-likeness (QED) is 0.767. The fourth-order valence-corrected chi connectivity index (χ4v) is 1.62. The van der Waals surface area contributed by atoms with Gasteiger partial charge in [0.2, 0.25) is 5.91 Å². The number of likely N-dealkylation sites (N-methyl/N-ethyl adjacent to an activating group) is 1. The summed E-state index contributed by atoms with van der Waals surface area (Å²) in [6, 6.07) is 5.14. The molecule has 0 aliphatic carbocycles. The average Bonchev–Trinajstić information content (AvgIpc) is 2.01. The first kappa shape index (κ1) is 11.3. The molecule has 0 aromatic heterocycles. The molecule has 0 aliphatic rings. The number of hydrogen-bond donors (Lipinski definition) is 0. The predicted molar refractivity (Wildman–Crippen MR) is 58.9 cm³/mol. The second-order valence-electron chi connectivity index (χ2n) is 3.24. The zero-order valence-corrected chi connectivity index (χ0v) is 9.56. The van der Waals surface area contributed by atoms with Gasteiger partial charge in [-0.25, -0.2) is 0 Å². The highest BCUT2D eigenvalue weighted by atomic mass is 35.5. The molecule has 0 heterocycles. The van der Waals surface area contributed by atoms with E-state index in [0.29, 0.717) is 16.5 Å². The van der Waals surface area contributed by atoms with E-state index in [0.717, 1.165) is 5.56 Å². The summed E-state index contributed by atoms with van der Waals surface area (Å²) in [4.78, 5) is 12.9. The second-order valence-corrected chi connectivity index (χ2v) is 4.12. The number of halogens is 2. The fourth-order valence-electron chi connectivity index (χ4n) is 1.05. The molecule has 0 atom stereocenters. The van der Waals surface area contributed by atoms with Crippen LogP contribution in [-0.4, -0.2) is 24.9 Å². The maximum absolute atomic E-state index is 11.4. The Morgan fingerprint density at radius 1 is 1.21 bits per heavy atom. The molecule has 0 saturated heterocycles. The molecule has 1 aromatic rings. The molecule has 76 valence electrons. The topological polar surface area (TPSA) is 20.3 Å². The van der Waals surface area contributed by atoms with Gasteiger partial charge in [-0.1, -0.05) is 23.2 Å². The molecule has 0 spiro atoms. The molecule has 0 aliphatic heterocycles. The molecule has 0 N–H and O–H groups in total. The van der Waals surface area contributed by atoms with Crippen LogP contribution in [0.25, 0.3) is 0 Å².